The quantitative estimate of drug-likeness (QED) is 0.200. The maximum atomic E-state index is 13.4. The standard InChI is InChI=1S/C39H42N6O5/c1-27-24-45(39(47)48)18-17-31(27)38(46)44-21-19-43(20-22-44)30-13-14-32-34(23-30)42(2)41-36(32)33-15-16-35(49-25-28-9-5-3-6-10-28)40-37(33)50-26-29-11-7-4-8-12-29/h3-16,23,27,31H,17-22,24-26H2,1-2H3,(H,47,48)/t27-,31+/m1/s1. The third kappa shape index (κ3) is 7.08. The number of pyridine rings is 1. The second kappa shape index (κ2) is 14.5. The number of aromatic nitrogens is 3. The van der Waals surface area contributed by atoms with Crippen LogP contribution in [0.3, 0.4) is 0 Å². The van der Waals surface area contributed by atoms with Crippen LogP contribution in [0.5, 0.6) is 11.8 Å². The van der Waals surface area contributed by atoms with Crippen LogP contribution in [0, 0.1) is 11.8 Å². The summed E-state index contributed by atoms with van der Waals surface area (Å²) in [6.45, 7) is 6.24. The van der Waals surface area contributed by atoms with E-state index in [1.54, 1.807) is 0 Å². The summed E-state index contributed by atoms with van der Waals surface area (Å²) in [5.74, 6) is 0.934. The zero-order chi connectivity index (χ0) is 34.6. The van der Waals surface area contributed by atoms with Crippen molar-refractivity contribution in [3.05, 3.63) is 102 Å². The number of hydrogen-bond donors (Lipinski definition) is 1. The fourth-order valence-corrected chi connectivity index (χ4v) is 7.00. The highest BCUT2D eigenvalue weighted by Crippen LogP contribution is 2.37. The van der Waals surface area contributed by atoms with Gasteiger partial charge in [0.2, 0.25) is 17.7 Å². The van der Waals surface area contributed by atoms with Gasteiger partial charge in [-0.3, -0.25) is 9.48 Å². The molecule has 5 aromatic rings. The van der Waals surface area contributed by atoms with Gasteiger partial charge in [-0.15, -0.1) is 0 Å². The van der Waals surface area contributed by atoms with Gasteiger partial charge in [0.05, 0.1) is 11.1 Å². The molecule has 0 bridgehead atoms. The van der Waals surface area contributed by atoms with Crippen LogP contribution in [-0.4, -0.2) is 80.9 Å². The molecule has 2 aromatic heterocycles. The van der Waals surface area contributed by atoms with Crippen LogP contribution in [0.1, 0.15) is 24.5 Å². The Balaban J connectivity index is 1.08. The molecule has 2 aliphatic rings. The number of carboxylic acid groups (broad SMARTS) is 1. The number of likely N-dealkylation sites (tertiary alicyclic amines) is 1. The monoisotopic (exact) mass is 674 g/mol. The molecule has 0 saturated carbocycles. The van der Waals surface area contributed by atoms with Crippen molar-refractivity contribution >= 4 is 28.6 Å². The molecule has 50 heavy (non-hydrogen) atoms. The zero-order valence-electron chi connectivity index (χ0n) is 28.4. The van der Waals surface area contributed by atoms with Crippen molar-refractivity contribution in [2.75, 3.05) is 44.2 Å². The number of rotatable bonds is 9. The number of carbonyl (C=O) groups is 2. The maximum absolute atomic E-state index is 13.4. The number of carbonyl (C=O) groups excluding carboxylic acids is 1. The topological polar surface area (TPSA) is 113 Å². The summed E-state index contributed by atoms with van der Waals surface area (Å²) in [4.78, 5) is 35.3. The van der Waals surface area contributed by atoms with Gasteiger partial charge >= 0.3 is 6.09 Å². The van der Waals surface area contributed by atoms with Crippen LogP contribution in [0.4, 0.5) is 10.5 Å². The van der Waals surface area contributed by atoms with Crippen molar-refractivity contribution in [3.8, 4) is 23.0 Å². The summed E-state index contributed by atoms with van der Waals surface area (Å²) in [7, 11) is 1.94. The number of piperidine rings is 1. The Hall–Kier alpha value is -5.58. The number of piperazine rings is 1. The third-order valence-electron chi connectivity index (χ3n) is 9.82. The van der Waals surface area contributed by atoms with Crippen LogP contribution >= 0.6 is 0 Å². The molecule has 2 amide bonds. The van der Waals surface area contributed by atoms with Crippen molar-refractivity contribution in [3.63, 3.8) is 0 Å². The summed E-state index contributed by atoms with van der Waals surface area (Å²) in [5.41, 5.74) is 5.70. The van der Waals surface area contributed by atoms with E-state index in [4.69, 9.17) is 19.6 Å². The molecule has 7 rings (SSSR count). The predicted octanol–water partition coefficient (Wildman–Crippen LogP) is 6.08. The Bertz CT molecular complexity index is 1960. The molecule has 2 saturated heterocycles. The van der Waals surface area contributed by atoms with E-state index in [2.05, 4.69) is 23.1 Å². The molecule has 3 aromatic carbocycles. The number of benzene rings is 3. The minimum absolute atomic E-state index is 0.00398. The number of aryl methyl sites for hydroxylation is 1. The number of fused-ring (bicyclic) bond motifs is 1. The minimum atomic E-state index is -0.913. The smallest absolute Gasteiger partial charge is 0.407 e. The summed E-state index contributed by atoms with van der Waals surface area (Å²) in [5, 5.41) is 15.3. The molecule has 4 heterocycles. The second-order valence-corrected chi connectivity index (χ2v) is 13.1. The Morgan fingerprint density at radius 2 is 1.50 bits per heavy atom. The molecule has 2 atom stereocenters. The molecule has 258 valence electrons. The molecular formula is C39H42N6O5. The van der Waals surface area contributed by atoms with Gasteiger partial charge in [0.1, 0.15) is 18.9 Å². The Labute approximate surface area is 291 Å². The number of anilines is 1. The average Bonchev–Trinajstić information content (AvgIpc) is 3.48. The summed E-state index contributed by atoms with van der Waals surface area (Å²) >= 11 is 0. The van der Waals surface area contributed by atoms with Gasteiger partial charge in [-0.1, -0.05) is 67.6 Å². The molecule has 0 aliphatic carbocycles. The third-order valence-corrected chi connectivity index (χ3v) is 9.82. The SMILES string of the molecule is C[C@@H]1CN(C(=O)O)CC[C@@H]1C(=O)N1CCN(c2ccc3c(-c4ccc(OCc5ccccc5)nc4OCc4ccccc4)nn(C)c3c2)CC1. The number of ether oxygens (including phenoxy) is 2. The molecule has 2 fully saturated rings. The van der Waals surface area contributed by atoms with Crippen LogP contribution in [0.25, 0.3) is 22.2 Å². The molecule has 0 unspecified atom stereocenters. The van der Waals surface area contributed by atoms with Crippen molar-refractivity contribution < 1.29 is 24.2 Å². The average molecular weight is 675 g/mol. The van der Waals surface area contributed by atoms with E-state index in [0.717, 1.165) is 52.1 Å². The first-order chi connectivity index (χ1) is 24.3. The first kappa shape index (κ1) is 32.9. The lowest BCUT2D eigenvalue weighted by molar-refractivity contribution is -0.139. The lowest BCUT2D eigenvalue weighted by atomic mass is 9.85. The molecule has 2 aliphatic heterocycles. The van der Waals surface area contributed by atoms with E-state index in [1.807, 2.05) is 96.3 Å². The van der Waals surface area contributed by atoms with Crippen LogP contribution < -0.4 is 14.4 Å². The Morgan fingerprint density at radius 1 is 0.820 bits per heavy atom. The van der Waals surface area contributed by atoms with Crippen LogP contribution in [0.2, 0.25) is 0 Å². The van der Waals surface area contributed by atoms with Crippen LogP contribution in [-0.2, 0) is 25.1 Å². The minimum Gasteiger partial charge on any atom is -0.473 e. The van der Waals surface area contributed by atoms with Crippen molar-refractivity contribution in [1.82, 2.24) is 24.6 Å². The molecule has 1 N–H and O–H groups in total. The van der Waals surface area contributed by atoms with Gasteiger partial charge in [0.25, 0.3) is 0 Å². The van der Waals surface area contributed by atoms with E-state index in [0.29, 0.717) is 57.6 Å². The molecule has 11 nitrogen and oxygen atoms in total. The summed E-state index contributed by atoms with van der Waals surface area (Å²) in [6, 6.07) is 30.2. The molecular weight excluding hydrogens is 632 g/mol. The van der Waals surface area contributed by atoms with Crippen molar-refractivity contribution in [2.24, 2.45) is 18.9 Å². The van der Waals surface area contributed by atoms with Crippen molar-refractivity contribution in [1.29, 1.82) is 0 Å². The summed E-state index contributed by atoms with van der Waals surface area (Å²) < 4.78 is 14.3. The van der Waals surface area contributed by atoms with E-state index in [9.17, 15) is 14.7 Å². The Morgan fingerprint density at radius 3 is 2.16 bits per heavy atom. The largest absolute Gasteiger partial charge is 0.473 e. The number of nitrogens with zero attached hydrogens (tertiary/aromatic N) is 6. The van der Waals surface area contributed by atoms with Gasteiger partial charge in [-0.25, -0.2) is 4.79 Å². The highest BCUT2D eigenvalue weighted by Gasteiger charge is 2.36. The lowest BCUT2D eigenvalue weighted by Crippen LogP contribution is -2.53. The normalized spacial score (nSPS) is 17.9. The maximum Gasteiger partial charge on any atom is 0.407 e. The first-order valence-electron chi connectivity index (χ1n) is 17.2. The van der Waals surface area contributed by atoms with Gasteiger partial charge in [0, 0.05) is 69.4 Å². The van der Waals surface area contributed by atoms with Gasteiger partial charge in [0.15, 0.2) is 0 Å². The number of amides is 2. The van der Waals surface area contributed by atoms with Gasteiger partial charge < -0.3 is 29.3 Å². The first-order valence-corrected chi connectivity index (χ1v) is 17.2. The molecule has 0 radical (unpaired) electrons. The zero-order valence-corrected chi connectivity index (χ0v) is 28.4. The molecule has 0 spiro atoms. The van der Waals surface area contributed by atoms with Gasteiger partial charge in [-0.2, -0.15) is 10.1 Å². The summed E-state index contributed by atoms with van der Waals surface area (Å²) in [6.07, 6.45) is -0.339. The van der Waals surface area contributed by atoms with E-state index in [-0.39, 0.29) is 17.7 Å². The van der Waals surface area contributed by atoms with Crippen LogP contribution in [0.15, 0.2) is 91.0 Å². The molecule has 11 heteroatoms. The van der Waals surface area contributed by atoms with Crippen molar-refractivity contribution in [2.45, 2.75) is 26.6 Å². The lowest BCUT2D eigenvalue weighted by Gasteiger charge is -2.41. The Kier molecular flexibility index (Phi) is 9.55. The fraction of sp³-hybridized carbons (Fsp3) is 0.333. The predicted molar refractivity (Wildman–Crippen MR) is 191 cm³/mol. The highest BCUT2D eigenvalue weighted by atomic mass is 16.5. The van der Waals surface area contributed by atoms with E-state index < -0.39 is 6.09 Å². The highest BCUT2D eigenvalue weighted by molar-refractivity contribution is 5.96. The number of hydrogen-bond acceptors (Lipinski definition) is 7. The van der Waals surface area contributed by atoms with Gasteiger partial charge in [-0.05, 0) is 47.7 Å². The fourth-order valence-electron chi connectivity index (χ4n) is 7.00. The van der Waals surface area contributed by atoms with E-state index >= 15 is 0 Å². The second-order valence-electron chi connectivity index (χ2n) is 13.1. The van der Waals surface area contributed by atoms with E-state index in [1.165, 1.54) is 4.90 Å².